The third-order valence-electron chi connectivity index (χ3n) is 3.30. The number of nitrogens with one attached hydrogen (secondary N) is 1. The molecule has 1 heterocycles. The summed E-state index contributed by atoms with van der Waals surface area (Å²) in [7, 11) is -3.67. The minimum atomic E-state index is -3.67. The highest BCUT2D eigenvalue weighted by atomic mass is 32.2. The number of nitrogens with two attached hydrogens (primary N) is 1. The second-order valence-corrected chi connectivity index (χ2v) is 6.36. The van der Waals surface area contributed by atoms with Gasteiger partial charge in [0, 0.05) is 12.3 Å². The molecule has 2 rings (SSSR count). The van der Waals surface area contributed by atoms with Gasteiger partial charge in [-0.2, -0.15) is 0 Å². The summed E-state index contributed by atoms with van der Waals surface area (Å²) in [5.74, 6) is 0.178. The van der Waals surface area contributed by atoms with Gasteiger partial charge in [-0.05, 0) is 30.0 Å². The molecule has 0 bridgehead atoms. The number of anilines is 2. The lowest BCUT2D eigenvalue weighted by molar-refractivity contribution is 0.601. The molecule has 0 saturated carbocycles. The standard InChI is InChI=1S/C15H19N3O2S/c1-3-11-6-5-7-12(4-2)15(11)18-21(19,20)13-8-9-17-14(16)10-13/h5-10,18H,3-4H2,1-2H3,(H2,16,17). The van der Waals surface area contributed by atoms with E-state index < -0.39 is 10.0 Å². The van der Waals surface area contributed by atoms with Crippen LogP contribution in [0.1, 0.15) is 25.0 Å². The quantitative estimate of drug-likeness (QED) is 0.889. The summed E-state index contributed by atoms with van der Waals surface area (Å²) < 4.78 is 27.7. The van der Waals surface area contributed by atoms with Crippen LogP contribution in [0.25, 0.3) is 0 Å². The van der Waals surface area contributed by atoms with Crippen molar-refractivity contribution in [2.75, 3.05) is 10.5 Å². The van der Waals surface area contributed by atoms with E-state index in [-0.39, 0.29) is 10.7 Å². The minimum Gasteiger partial charge on any atom is -0.384 e. The normalized spacial score (nSPS) is 11.3. The molecule has 0 aliphatic heterocycles. The first-order chi connectivity index (χ1) is 9.97. The van der Waals surface area contributed by atoms with Gasteiger partial charge >= 0.3 is 0 Å². The van der Waals surface area contributed by atoms with Crippen LogP contribution in [0.2, 0.25) is 0 Å². The Morgan fingerprint density at radius 2 is 1.76 bits per heavy atom. The highest BCUT2D eigenvalue weighted by Crippen LogP contribution is 2.25. The average Bonchev–Trinajstić information content (AvgIpc) is 2.47. The maximum Gasteiger partial charge on any atom is 0.262 e. The fourth-order valence-electron chi connectivity index (χ4n) is 2.16. The van der Waals surface area contributed by atoms with Crippen molar-refractivity contribution in [2.24, 2.45) is 0 Å². The van der Waals surface area contributed by atoms with Crippen molar-refractivity contribution in [3.05, 3.63) is 47.7 Å². The average molecular weight is 305 g/mol. The Balaban J connectivity index is 2.46. The molecule has 21 heavy (non-hydrogen) atoms. The molecule has 0 spiro atoms. The molecule has 1 aromatic carbocycles. The zero-order valence-corrected chi connectivity index (χ0v) is 12.9. The number of aromatic nitrogens is 1. The molecule has 1 aromatic heterocycles. The van der Waals surface area contributed by atoms with Gasteiger partial charge in [0.2, 0.25) is 0 Å². The summed E-state index contributed by atoms with van der Waals surface area (Å²) in [5.41, 5.74) is 8.17. The third-order valence-corrected chi connectivity index (χ3v) is 4.65. The molecular formula is C15H19N3O2S. The van der Waals surface area contributed by atoms with Crippen LogP contribution in [-0.2, 0) is 22.9 Å². The van der Waals surface area contributed by atoms with E-state index in [9.17, 15) is 8.42 Å². The monoisotopic (exact) mass is 305 g/mol. The van der Waals surface area contributed by atoms with Crippen molar-refractivity contribution in [1.29, 1.82) is 0 Å². The summed E-state index contributed by atoms with van der Waals surface area (Å²) in [6.07, 6.45) is 2.89. The van der Waals surface area contributed by atoms with Crippen molar-refractivity contribution in [1.82, 2.24) is 4.98 Å². The molecule has 0 aliphatic carbocycles. The molecule has 2 aromatic rings. The summed E-state index contributed by atoms with van der Waals surface area (Å²) in [6, 6.07) is 8.58. The fraction of sp³-hybridized carbons (Fsp3) is 0.267. The number of para-hydroxylation sites is 1. The fourth-order valence-corrected chi connectivity index (χ4v) is 3.33. The number of hydrogen-bond donors (Lipinski definition) is 2. The number of benzene rings is 1. The number of rotatable bonds is 5. The maximum absolute atomic E-state index is 12.5. The molecule has 0 saturated heterocycles. The number of hydrogen-bond acceptors (Lipinski definition) is 4. The van der Waals surface area contributed by atoms with E-state index in [0.29, 0.717) is 5.69 Å². The minimum absolute atomic E-state index is 0.114. The van der Waals surface area contributed by atoms with Crippen LogP contribution < -0.4 is 10.5 Å². The molecule has 0 aliphatic rings. The molecule has 112 valence electrons. The Kier molecular flexibility index (Phi) is 4.47. The number of pyridine rings is 1. The molecule has 0 amide bonds. The summed E-state index contributed by atoms with van der Waals surface area (Å²) in [4.78, 5) is 3.93. The summed E-state index contributed by atoms with van der Waals surface area (Å²) >= 11 is 0. The molecule has 3 N–H and O–H groups in total. The molecule has 0 atom stereocenters. The number of sulfonamides is 1. The Labute approximate surface area is 125 Å². The van der Waals surface area contributed by atoms with Gasteiger partial charge < -0.3 is 5.73 Å². The predicted molar refractivity (Wildman–Crippen MR) is 84.7 cm³/mol. The summed E-state index contributed by atoms with van der Waals surface area (Å²) in [5, 5.41) is 0. The van der Waals surface area contributed by atoms with E-state index in [4.69, 9.17) is 5.73 Å². The van der Waals surface area contributed by atoms with Crippen LogP contribution in [0.15, 0.2) is 41.4 Å². The first-order valence-electron chi connectivity index (χ1n) is 6.83. The van der Waals surface area contributed by atoms with E-state index >= 15 is 0 Å². The maximum atomic E-state index is 12.5. The summed E-state index contributed by atoms with van der Waals surface area (Å²) in [6.45, 7) is 3.99. The van der Waals surface area contributed by atoms with Gasteiger partial charge in [0.1, 0.15) is 5.82 Å². The van der Waals surface area contributed by atoms with Crippen molar-refractivity contribution in [3.8, 4) is 0 Å². The Bertz CT molecular complexity index is 720. The van der Waals surface area contributed by atoms with Gasteiger partial charge in [-0.15, -0.1) is 0 Å². The van der Waals surface area contributed by atoms with Crippen LogP contribution in [0, 0.1) is 0 Å². The van der Waals surface area contributed by atoms with E-state index in [1.807, 2.05) is 32.0 Å². The van der Waals surface area contributed by atoms with Gasteiger partial charge in [-0.1, -0.05) is 32.0 Å². The SMILES string of the molecule is CCc1cccc(CC)c1NS(=O)(=O)c1ccnc(N)c1. The Morgan fingerprint density at radius 3 is 2.29 bits per heavy atom. The Hall–Kier alpha value is -2.08. The van der Waals surface area contributed by atoms with Gasteiger partial charge in [0.25, 0.3) is 10.0 Å². The lowest BCUT2D eigenvalue weighted by Crippen LogP contribution is -2.16. The molecule has 0 unspecified atom stereocenters. The topological polar surface area (TPSA) is 85.1 Å². The second-order valence-electron chi connectivity index (χ2n) is 4.68. The molecular weight excluding hydrogens is 286 g/mol. The lowest BCUT2D eigenvalue weighted by atomic mass is 10.0. The van der Waals surface area contributed by atoms with Gasteiger partial charge in [0.05, 0.1) is 10.6 Å². The van der Waals surface area contributed by atoms with Crippen LogP contribution in [0.3, 0.4) is 0 Å². The predicted octanol–water partition coefficient (Wildman–Crippen LogP) is 2.59. The van der Waals surface area contributed by atoms with Crippen LogP contribution in [0.5, 0.6) is 0 Å². The van der Waals surface area contributed by atoms with Crippen LogP contribution >= 0.6 is 0 Å². The van der Waals surface area contributed by atoms with Crippen molar-refractivity contribution in [2.45, 2.75) is 31.6 Å². The van der Waals surface area contributed by atoms with E-state index in [2.05, 4.69) is 9.71 Å². The van der Waals surface area contributed by atoms with E-state index in [1.165, 1.54) is 18.3 Å². The Morgan fingerprint density at radius 1 is 1.14 bits per heavy atom. The second kappa shape index (κ2) is 6.13. The van der Waals surface area contributed by atoms with Crippen molar-refractivity contribution >= 4 is 21.5 Å². The molecule has 0 fully saturated rings. The molecule has 6 heteroatoms. The van der Waals surface area contributed by atoms with Gasteiger partial charge in [-0.25, -0.2) is 13.4 Å². The first-order valence-corrected chi connectivity index (χ1v) is 8.31. The van der Waals surface area contributed by atoms with E-state index in [0.717, 1.165) is 24.0 Å². The largest absolute Gasteiger partial charge is 0.384 e. The van der Waals surface area contributed by atoms with Crippen molar-refractivity contribution in [3.63, 3.8) is 0 Å². The number of aryl methyl sites for hydroxylation is 2. The van der Waals surface area contributed by atoms with E-state index in [1.54, 1.807) is 0 Å². The first kappa shape index (κ1) is 15.3. The van der Waals surface area contributed by atoms with Crippen LogP contribution in [0.4, 0.5) is 11.5 Å². The van der Waals surface area contributed by atoms with Gasteiger partial charge in [0.15, 0.2) is 0 Å². The highest BCUT2D eigenvalue weighted by molar-refractivity contribution is 7.92. The lowest BCUT2D eigenvalue weighted by Gasteiger charge is -2.15. The molecule has 5 nitrogen and oxygen atoms in total. The van der Waals surface area contributed by atoms with Gasteiger partial charge in [-0.3, -0.25) is 4.72 Å². The third kappa shape index (κ3) is 3.33. The van der Waals surface area contributed by atoms with Crippen LogP contribution in [-0.4, -0.2) is 13.4 Å². The van der Waals surface area contributed by atoms with Crippen molar-refractivity contribution < 1.29 is 8.42 Å². The number of nitrogen functional groups attached to an aromatic ring is 1. The number of nitrogens with zero attached hydrogens (tertiary/aromatic N) is 1. The zero-order chi connectivity index (χ0) is 15.5. The molecule has 0 radical (unpaired) electrons. The smallest absolute Gasteiger partial charge is 0.262 e. The zero-order valence-electron chi connectivity index (χ0n) is 12.1. The highest BCUT2D eigenvalue weighted by Gasteiger charge is 2.18.